The minimum Gasteiger partial charge on any atom is -0.338 e. The SMILES string of the molecule is C=CC(=O)N(C)Cc1csc(Br)c1. The van der Waals surface area contributed by atoms with Gasteiger partial charge in [0.25, 0.3) is 0 Å². The Morgan fingerprint density at radius 2 is 2.54 bits per heavy atom. The molecule has 2 nitrogen and oxygen atoms in total. The highest BCUT2D eigenvalue weighted by molar-refractivity contribution is 9.11. The van der Waals surface area contributed by atoms with Crippen molar-refractivity contribution in [3.8, 4) is 0 Å². The number of halogens is 1. The second-order valence-electron chi connectivity index (χ2n) is 2.66. The van der Waals surface area contributed by atoms with Crippen molar-refractivity contribution < 1.29 is 4.79 Å². The monoisotopic (exact) mass is 259 g/mol. The normalized spacial score (nSPS) is 9.69. The first-order valence-electron chi connectivity index (χ1n) is 3.74. The molecule has 1 amide bonds. The molecule has 0 aliphatic carbocycles. The average molecular weight is 260 g/mol. The Bertz CT molecular complexity index is 321. The van der Waals surface area contributed by atoms with Gasteiger partial charge in [-0.1, -0.05) is 6.58 Å². The predicted octanol–water partition coefficient (Wildman–Crippen LogP) is 2.66. The van der Waals surface area contributed by atoms with Crippen molar-refractivity contribution in [1.29, 1.82) is 0 Å². The summed E-state index contributed by atoms with van der Waals surface area (Å²) in [5.74, 6) is -0.0534. The second-order valence-corrected chi connectivity index (χ2v) is 4.95. The number of hydrogen-bond donors (Lipinski definition) is 0. The maximum atomic E-state index is 11.1. The molecule has 0 saturated carbocycles. The number of likely N-dealkylation sites (N-methyl/N-ethyl adjacent to an activating group) is 1. The number of carbonyl (C=O) groups excluding carboxylic acids is 1. The van der Waals surface area contributed by atoms with E-state index >= 15 is 0 Å². The first-order chi connectivity index (χ1) is 6.13. The van der Waals surface area contributed by atoms with E-state index in [4.69, 9.17) is 0 Å². The van der Waals surface area contributed by atoms with Gasteiger partial charge in [-0.05, 0) is 39.0 Å². The number of carbonyl (C=O) groups is 1. The molecular formula is C9H10BrNOS. The Morgan fingerprint density at radius 1 is 1.85 bits per heavy atom. The summed E-state index contributed by atoms with van der Waals surface area (Å²) >= 11 is 4.99. The molecule has 1 rings (SSSR count). The van der Waals surface area contributed by atoms with Crippen LogP contribution in [0.3, 0.4) is 0 Å². The topological polar surface area (TPSA) is 20.3 Å². The Hall–Kier alpha value is -0.610. The van der Waals surface area contributed by atoms with Gasteiger partial charge in [-0.15, -0.1) is 11.3 Å². The molecule has 0 aliphatic heterocycles. The third-order valence-electron chi connectivity index (χ3n) is 1.59. The van der Waals surface area contributed by atoms with Crippen molar-refractivity contribution in [2.75, 3.05) is 7.05 Å². The summed E-state index contributed by atoms with van der Waals surface area (Å²) in [5.41, 5.74) is 1.13. The zero-order valence-electron chi connectivity index (χ0n) is 7.29. The van der Waals surface area contributed by atoms with Gasteiger partial charge in [0.1, 0.15) is 0 Å². The van der Waals surface area contributed by atoms with Gasteiger partial charge in [-0.3, -0.25) is 4.79 Å². The van der Waals surface area contributed by atoms with E-state index in [-0.39, 0.29) is 5.91 Å². The molecule has 0 unspecified atom stereocenters. The minimum absolute atomic E-state index is 0.0534. The third-order valence-corrected chi connectivity index (χ3v) is 3.15. The van der Waals surface area contributed by atoms with E-state index in [1.807, 2.05) is 11.4 Å². The molecule has 0 bridgehead atoms. The van der Waals surface area contributed by atoms with Crippen molar-refractivity contribution >= 4 is 33.2 Å². The molecule has 0 radical (unpaired) electrons. The molecule has 0 aromatic carbocycles. The molecule has 0 fully saturated rings. The summed E-state index contributed by atoms with van der Waals surface area (Å²) in [6.45, 7) is 4.06. The first-order valence-corrected chi connectivity index (χ1v) is 5.41. The van der Waals surface area contributed by atoms with E-state index in [2.05, 4.69) is 22.5 Å². The maximum Gasteiger partial charge on any atom is 0.245 e. The summed E-state index contributed by atoms with van der Waals surface area (Å²) in [7, 11) is 1.76. The highest BCUT2D eigenvalue weighted by Gasteiger charge is 2.05. The van der Waals surface area contributed by atoms with Crippen molar-refractivity contribution in [2.24, 2.45) is 0 Å². The summed E-state index contributed by atoms with van der Waals surface area (Å²) in [6.07, 6.45) is 1.32. The van der Waals surface area contributed by atoms with Crippen LogP contribution in [0, 0.1) is 0 Å². The molecular weight excluding hydrogens is 250 g/mol. The van der Waals surface area contributed by atoms with Crippen LogP contribution in [0.1, 0.15) is 5.56 Å². The lowest BCUT2D eigenvalue weighted by Crippen LogP contribution is -2.23. The van der Waals surface area contributed by atoms with Crippen LogP contribution in [-0.4, -0.2) is 17.9 Å². The fourth-order valence-corrected chi connectivity index (χ4v) is 2.14. The van der Waals surface area contributed by atoms with E-state index in [0.717, 1.165) is 9.35 Å². The lowest BCUT2D eigenvalue weighted by atomic mass is 10.3. The highest BCUT2D eigenvalue weighted by Crippen LogP contribution is 2.21. The molecule has 0 saturated heterocycles. The van der Waals surface area contributed by atoms with Crippen LogP contribution in [0.15, 0.2) is 27.9 Å². The van der Waals surface area contributed by atoms with E-state index in [1.165, 1.54) is 6.08 Å². The van der Waals surface area contributed by atoms with Crippen LogP contribution in [0.5, 0.6) is 0 Å². The lowest BCUT2D eigenvalue weighted by molar-refractivity contribution is -0.125. The van der Waals surface area contributed by atoms with Crippen LogP contribution in [0.25, 0.3) is 0 Å². The van der Waals surface area contributed by atoms with E-state index < -0.39 is 0 Å². The lowest BCUT2D eigenvalue weighted by Gasteiger charge is -2.13. The first kappa shape index (κ1) is 10.5. The number of thiophene rings is 1. The molecule has 1 aromatic rings. The molecule has 0 N–H and O–H groups in total. The van der Waals surface area contributed by atoms with Crippen LogP contribution in [-0.2, 0) is 11.3 Å². The molecule has 70 valence electrons. The molecule has 0 atom stereocenters. The van der Waals surface area contributed by atoms with Gasteiger partial charge < -0.3 is 4.90 Å². The van der Waals surface area contributed by atoms with Crippen LogP contribution < -0.4 is 0 Å². The Labute approximate surface area is 90.0 Å². The number of hydrogen-bond acceptors (Lipinski definition) is 2. The highest BCUT2D eigenvalue weighted by atomic mass is 79.9. The number of amides is 1. The van der Waals surface area contributed by atoms with Crippen LogP contribution >= 0.6 is 27.3 Å². The zero-order valence-corrected chi connectivity index (χ0v) is 9.69. The van der Waals surface area contributed by atoms with E-state index in [0.29, 0.717) is 6.54 Å². The summed E-state index contributed by atoms with van der Waals surface area (Å²) in [6, 6.07) is 2.01. The summed E-state index contributed by atoms with van der Waals surface area (Å²) in [5, 5.41) is 2.02. The van der Waals surface area contributed by atoms with Gasteiger partial charge in [-0.25, -0.2) is 0 Å². The Kier molecular flexibility index (Phi) is 3.69. The minimum atomic E-state index is -0.0534. The Morgan fingerprint density at radius 3 is 3.00 bits per heavy atom. The van der Waals surface area contributed by atoms with Crippen molar-refractivity contribution in [3.63, 3.8) is 0 Å². The maximum absolute atomic E-state index is 11.1. The summed E-state index contributed by atoms with van der Waals surface area (Å²) in [4.78, 5) is 12.7. The standard InChI is InChI=1S/C9H10BrNOS/c1-3-9(12)11(2)5-7-4-8(10)13-6-7/h3-4,6H,1,5H2,2H3. The quantitative estimate of drug-likeness (QED) is 0.765. The fraction of sp³-hybridized carbons (Fsp3) is 0.222. The van der Waals surface area contributed by atoms with Gasteiger partial charge in [0.15, 0.2) is 0 Å². The van der Waals surface area contributed by atoms with Crippen molar-refractivity contribution in [3.05, 3.63) is 33.5 Å². The van der Waals surface area contributed by atoms with Gasteiger partial charge in [0.2, 0.25) is 5.91 Å². The largest absolute Gasteiger partial charge is 0.338 e. The molecule has 1 aromatic heterocycles. The van der Waals surface area contributed by atoms with Gasteiger partial charge >= 0.3 is 0 Å². The van der Waals surface area contributed by atoms with E-state index in [1.54, 1.807) is 23.3 Å². The summed E-state index contributed by atoms with van der Waals surface area (Å²) < 4.78 is 1.09. The molecule has 0 aliphatic rings. The zero-order chi connectivity index (χ0) is 9.84. The molecule has 13 heavy (non-hydrogen) atoms. The fourth-order valence-electron chi connectivity index (χ4n) is 0.936. The van der Waals surface area contributed by atoms with Crippen LogP contribution in [0.4, 0.5) is 0 Å². The van der Waals surface area contributed by atoms with Gasteiger partial charge in [0.05, 0.1) is 3.79 Å². The Balaban J connectivity index is 2.59. The average Bonchev–Trinajstić information content (AvgIpc) is 2.49. The predicted molar refractivity (Wildman–Crippen MR) is 58.7 cm³/mol. The molecule has 4 heteroatoms. The molecule has 1 heterocycles. The number of rotatable bonds is 3. The van der Waals surface area contributed by atoms with E-state index in [9.17, 15) is 4.79 Å². The third kappa shape index (κ3) is 2.97. The van der Waals surface area contributed by atoms with Gasteiger partial charge in [0, 0.05) is 13.6 Å². The van der Waals surface area contributed by atoms with Crippen LogP contribution in [0.2, 0.25) is 0 Å². The van der Waals surface area contributed by atoms with Crippen molar-refractivity contribution in [1.82, 2.24) is 4.90 Å². The second kappa shape index (κ2) is 4.58. The smallest absolute Gasteiger partial charge is 0.245 e. The molecule has 0 spiro atoms. The van der Waals surface area contributed by atoms with Gasteiger partial charge in [-0.2, -0.15) is 0 Å². The van der Waals surface area contributed by atoms with Crippen molar-refractivity contribution in [2.45, 2.75) is 6.54 Å². The number of nitrogens with zero attached hydrogens (tertiary/aromatic N) is 1.